The molecule has 0 aromatic heterocycles. The van der Waals surface area contributed by atoms with Crippen molar-refractivity contribution in [3.63, 3.8) is 0 Å². The lowest BCUT2D eigenvalue weighted by Gasteiger charge is -2.14. The largest absolute Gasteiger partial charge is 0.383 e. The van der Waals surface area contributed by atoms with Crippen molar-refractivity contribution in [1.29, 1.82) is 0 Å². The van der Waals surface area contributed by atoms with Crippen LogP contribution >= 0.6 is 24.2 Å². The average molecular weight is 422 g/mol. The highest BCUT2D eigenvalue weighted by Gasteiger charge is 2.05. The van der Waals surface area contributed by atoms with Gasteiger partial charge in [-0.3, -0.25) is 0 Å². The summed E-state index contributed by atoms with van der Waals surface area (Å²) < 4.78 is 0. The molecule has 0 saturated carbocycles. The zero-order valence-corrected chi connectivity index (χ0v) is 17.7. The van der Waals surface area contributed by atoms with Gasteiger partial charge in [0.15, 0.2) is 0 Å². The predicted molar refractivity (Wildman–Crippen MR) is 130 cm³/mol. The van der Waals surface area contributed by atoms with Crippen LogP contribution in [0.25, 0.3) is 21.5 Å². The molecule has 0 saturated heterocycles. The molecule has 0 aliphatic carbocycles. The van der Waals surface area contributed by atoms with Crippen LogP contribution in [0.2, 0.25) is 5.02 Å². The van der Waals surface area contributed by atoms with E-state index in [-0.39, 0.29) is 0 Å². The Morgan fingerprint density at radius 1 is 0.690 bits per heavy atom. The highest BCUT2D eigenvalue weighted by molar-refractivity contribution is 7.80. The van der Waals surface area contributed by atoms with Crippen LogP contribution in [0.4, 0.5) is 11.4 Å². The van der Waals surface area contributed by atoms with Crippen LogP contribution in [0.1, 0.15) is 0 Å². The molecule has 0 atom stereocenters. The molecule has 3 N–H and O–H groups in total. The minimum Gasteiger partial charge on any atom is -0.383 e. The Kier molecular flexibility index (Phi) is 6.45. The Hall–Kier alpha value is -2.40. The highest BCUT2D eigenvalue weighted by atomic mass is 35.5. The van der Waals surface area contributed by atoms with Gasteiger partial charge in [-0.25, -0.2) is 0 Å². The maximum Gasteiger partial charge on any atom is 0.0644 e. The molecule has 0 aliphatic heterocycles. The summed E-state index contributed by atoms with van der Waals surface area (Å²) in [6.45, 7) is 3.38. The number of hydrogen-bond acceptors (Lipinski definition) is 4. The van der Waals surface area contributed by atoms with E-state index in [1.807, 2.05) is 30.3 Å². The zero-order chi connectivity index (χ0) is 20.1. The van der Waals surface area contributed by atoms with Crippen molar-refractivity contribution < 1.29 is 0 Å². The SMILES string of the molecule is Sc1cccc2cccc(NCCNCCNc3c(Cl)ccc4ccccc34)c12. The minimum absolute atomic E-state index is 0.754. The lowest BCUT2D eigenvalue weighted by molar-refractivity contribution is 0.719. The van der Waals surface area contributed by atoms with E-state index < -0.39 is 0 Å². The van der Waals surface area contributed by atoms with Gasteiger partial charge in [0.05, 0.1) is 10.7 Å². The van der Waals surface area contributed by atoms with Crippen LogP contribution in [-0.2, 0) is 0 Å². The third-order valence-corrected chi connectivity index (χ3v) is 5.67. The maximum atomic E-state index is 6.39. The second kappa shape index (κ2) is 9.40. The van der Waals surface area contributed by atoms with Crippen LogP contribution in [-0.4, -0.2) is 26.2 Å². The first-order valence-electron chi connectivity index (χ1n) is 9.80. The zero-order valence-electron chi connectivity index (χ0n) is 16.1. The molecule has 148 valence electrons. The Labute approximate surface area is 181 Å². The van der Waals surface area contributed by atoms with Gasteiger partial charge in [0.2, 0.25) is 0 Å². The molecule has 0 heterocycles. The maximum absolute atomic E-state index is 6.39. The van der Waals surface area contributed by atoms with Crippen molar-refractivity contribution in [3.05, 3.63) is 77.8 Å². The number of hydrogen-bond donors (Lipinski definition) is 4. The van der Waals surface area contributed by atoms with Crippen molar-refractivity contribution in [3.8, 4) is 0 Å². The van der Waals surface area contributed by atoms with Crippen molar-refractivity contribution in [1.82, 2.24) is 5.32 Å². The summed E-state index contributed by atoms with van der Waals surface area (Å²) in [7, 11) is 0. The van der Waals surface area contributed by atoms with Gasteiger partial charge in [0, 0.05) is 47.5 Å². The Morgan fingerprint density at radius 3 is 2.28 bits per heavy atom. The molecule has 0 bridgehead atoms. The molecule has 29 heavy (non-hydrogen) atoms. The molecule has 0 amide bonds. The number of fused-ring (bicyclic) bond motifs is 2. The van der Waals surface area contributed by atoms with Crippen molar-refractivity contribution in [2.75, 3.05) is 36.8 Å². The lowest BCUT2D eigenvalue weighted by atomic mass is 10.1. The summed E-state index contributed by atoms with van der Waals surface area (Å²) in [5.74, 6) is 0. The van der Waals surface area contributed by atoms with E-state index in [4.69, 9.17) is 11.6 Å². The second-order valence-electron chi connectivity index (χ2n) is 6.93. The van der Waals surface area contributed by atoms with E-state index in [2.05, 4.69) is 71.0 Å². The van der Waals surface area contributed by atoms with E-state index in [1.54, 1.807) is 0 Å². The van der Waals surface area contributed by atoms with Crippen molar-refractivity contribution in [2.24, 2.45) is 0 Å². The number of anilines is 2. The topological polar surface area (TPSA) is 36.1 Å². The molecule has 4 aromatic rings. The molecule has 5 heteroatoms. The summed E-state index contributed by atoms with van der Waals surface area (Å²) in [5, 5.41) is 15.9. The number of rotatable bonds is 8. The van der Waals surface area contributed by atoms with Gasteiger partial charge in [0.25, 0.3) is 0 Å². The van der Waals surface area contributed by atoms with Crippen LogP contribution in [0.5, 0.6) is 0 Å². The predicted octanol–water partition coefficient (Wildman–Crippen LogP) is 6.05. The molecule has 4 rings (SSSR count). The molecule has 0 aliphatic rings. The van der Waals surface area contributed by atoms with E-state index in [9.17, 15) is 0 Å². The normalized spacial score (nSPS) is 11.1. The monoisotopic (exact) mass is 421 g/mol. The number of halogens is 1. The van der Waals surface area contributed by atoms with E-state index in [0.717, 1.165) is 52.9 Å². The smallest absolute Gasteiger partial charge is 0.0644 e. The van der Waals surface area contributed by atoms with Gasteiger partial charge in [-0.1, -0.05) is 66.2 Å². The van der Waals surface area contributed by atoms with E-state index >= 15 is 0 Å². The highest BCUT2D eigenvalue weighted by Crippen LogP contribution is 2.31. The third-order valence-electron chi connectivity index (χ3n) is 4.98. The summed E-state index contributed by atoms with van der Waals surface area (Å²) in [6.07, 6.45) is 0. The molecule has 0 unspecified atom stereocenters. The third kappa shape index (κ3) is 4.61. The van der Waals surface area contributed by atoms with Crippen molar-refractivity contribution >= 4 is 57.1 Å². The number of nitrogens with one attached hydrogen (secondary N) is 3. The van der Waals surface area contributed by atoms with Crippen LogP contribution in [0.15, 0.2) is 77.7 Å². The first-order valence-corrected chi connectivity index (χ1v) is 10.6. The van der Waals surface area contributed by atoms with E-state index in [0.29, 0.717) is 0 Å². The van der Waals surface area contributed by atoms with Crippen LogP contribution < -0.4 is 16.0 Å². The standard InChI is InChI=1S/C24H24ClN3S/c25-20-12-11-17-5-1-2-8-19(17)24(20)28-16-14-26-13-15-27-21-9-3-6-18-7-4-10-22(29)23(18)21/h1-12,26-29H,13-16H2. The molecule has 0 fully saturated rings. The van der Waals surface area contributed by atoms with Gasteiger partial charge >= 0.3 is 0 Å². The van der Waals surface area contributed by atoms with Gasteiger partial charge in [0.1, 0.15) is 0 Å². The number of benzene rings is 4. The van der Waals surface area contributed by atoms with Crippen LogP contribution in [0.3, 0.4) is 0 Å². The quantitative estimate of drug-likeness (QED) is 0.206. The van der Waals surface area contributed by atoms with E-state index in [1.165, 1.54) is 16.2 Å². The lowest BCUT2D eigenvalue weighted by Crippen LogP contribution is -2.27. The Bertz CT molecular complexity index is 1120. The van der Waals surface area contributed by atoms with Crippen LogP contribution in [0, 0.1) is 0 Å². The van der Waals surface area contributed by atoms with Crippen molar-refractivity contribution in [2.45, 2.75) is 4.90 Å². The fraction of sp³-hybridized carbons (Fsp3) is 0.167. The Morgan fingerprint density at radius 2 is 1.41 bits per heavy atom. The van der Waals surface area contributed by atoms with Gasteiger partial charge in [-0.2, -0.15) is 0 Å². The summed E-state index contributed by atoms with van der Waals surface area (Å²) in [4.78, 5) is 0.995. The fourth-order valence-corrected chi connectivity index (χ4v) is 4.15. The Balaban J connectivity index is 1.26. The fourth-order valence-electron chi connectivity index (χ4n) is 3.58. The van der Waals surface area contributed by atoms with Gasteiger partial charge in [-0.05, 0) is 29.0 Å². The number of thiol groups is 1. The summed E-state index contributed by atoms with van der Waals surface area (Å²) in [5.41, 5.74) is 2.12. The van der Waals surface area contributed by atoms with Gasteiger partial charge in [-0.15, -0.1) is 12.6 Å². The first kappa shape index (κ1) is 19.9. The summed E-state index contributed by atoms with van der Waals surface area (Å²) >= 11 is 11.0. The first-order chi connectivity index (χ1) is 14.2. The molecular formula is C24H24ClN3S. The second-order valence-corrected chi connectivity index (χ2v) is 7.82. The molecule has 0 spiro atoms. The van der Waals surface area contributed by atoms with Gasteiger partial charge < -0.3 is 16.0 Å². The molecule has 4 aromatic carbocycles. The molecule has 0 radical (unpaired) electrons. The molecule has 3 nitrogen and oxygen atoms in total. The minimum atomic E-state index is 0.754. The average Bonchev–Trinajstić information content (AvgIpc) is 2.74. The molecular weight excluding hydrogens is 398 g/mol. The summed E-state index contributed by atoms with van der Waals surface area (Å²) in [6, 6.07) is 24.7.